The van der Waals surface area contributed by atoms with Gasteiger partial charge in [-0.2, -0.15) is 5.10 Å². The largest absolute Gasteiger partial charge is 0.271 e. The van der Waals surface area contributed by atoms with Crippen molar-refractivity contribution in [3.63, 3.8) is 0 Å². The van der Waals surface area contributed by atoms with Crippen molar-refractivity contribution < 1.29 is 17.6 Å². The number of nitrogens with zero attached hydrogens (tertiary/aromatic N) is 2. The third-order valence-electron chi connectivity index (χ3n) is 4.32. The van der Waals surface area contributed by atoms with E-state index in [1.54, 1.807) is 42.5 Å². The molecule has 0 aliphatic rings. The zero-order valence-electron chi connectivity index (χ0n) is 16.5. The van der Waals surface area contributed by atoms with Gasteiger partial charge in [0.1, 0.15) is 12.4 Å². The van der Waals surface area contributed by atoms with E-state index in [-0.39, 0.29) is 15.5 Å². The van der Waals surface area contributed by atoms with Gasteiger partial charge in [-0.1, -0.05) is 53.6 Å². The Bertz CT molecular complexity index is 1180. The predicted molar refractivity (Wildman–Crippen MR) is 119 cm³/mol. The van der Waals surface area contributed by atoms with Gasteiger partial charge < -0.3 is 0 Å². The van der Waals surface area contributed by atoms with Crippen molar-refractivity contribution in [2.45, 2.75) is 11.8 Å². The molecule has 0 aromatic heterocycles. The minimum Gasteiger partial charge on any atom is -0.271 e. The molecule has 1 N–H and O–H groups in total. The molecule has 3 aromatic carbocycles. The van der Waals surface area contributed by atoms with E-state index in [0.29, 0.717) is 5.69 Å². The van der Waals surface area contributed by atoms with Gasteiger partial charge in [-0.25, -0.2) is 18.2 Å². The topological polar surface area (TPSA) is 78.8 Å². The van der Waals surface area contributed by atoms with Crippen LogP contribution in [0.4, 0.5) is 10.1 Å². The number of aryl methyl sites for hydroxylation is 1. The van der Waals surface area contributed by atoms with Gasteiger partial charge >= 0.3 is 0 Å². The summed E-state index contributed by atoms with van der Waals surface area (Å²) in [6, 6.07) is 18.7. The van der Waals surface area contributed by atoms with Crippen LogP contribution in [0.3, 0.4) is 0 Å². The first-order valence-corrected chi connectivity index (χ1v) is 11.0. The molecule has 0 fully saturated rings. The lowest BCUT2D eigenvalue weighted by Crippen LogP contribution is -2.39. The number of halogens is 2. The maximum Gasteiger partial charge on any atom is 0.264 e. The number of hydrogen-bond acceptors (Lipinski definition) is 4. The molecule has 160 valence electrons. The summed E-state index contributed by atoms with van der Waals surface area (Å²) in [5.74, 6) is -1.30. The molecule has 9 heteroatoms. The molecule has 31 heavy (non-hydrogen) atoms. The minimum atomic E-state index is -4.01. The zero-order valence-corrected chi connectivity index (χ0v) is 18.1. The average molecular weight is 460 g/mol. The van der Waals surface area contributed by atoms with Gasteiger partial charge in [0.2, 0.25) is 0 Å². The number of hydrogen-bond donors (Lipinski definition) is 1. The van der Waals surface area contributed by atoms with Gasteiger partial charge in [-0.3, -0.25) is 9.10 Å². The van der Waals surface area contributed by atoms with E-state index in [9.17, 15) is 17.6 Å². The van der Waals surface area contributed by atoms with Crippen molar-refractivity contribution in [1.29, 1.82) is 0 Å². The number of sulfonamides is 1. The van der Waals surface area contributed by atoms with Crippen LogP contribution in [0.5, 0.6) is 0 Å². The summed E-state index contributed by atoms with van der Waals surface area (Å²) in [6.45, 7) is 1.34. The first kappa shape index (κ1) is 22.5. The number of amides is 1. The molecule has 0 aliphatic carbocycles. The first-order chi connectivity index (χ1) is 14.8. The maximum atomic E-state index is 13.8. The first-order valence-electron chi connectivity index (χ1n) is 9.19. The van der Waals surface area contributed by atoms with E-state index in [4.69, 9.17) is 11.6 Å². The highest BCUT2D eigenvalue weighted by molar-refractivity contribution is 7.92. The van der Waals surface area contributed by atoms with Crippen molar-refractivity contribution in [3.8, 4) is 0 Å². The summed E-state index contributed by atoms with van der Waals surface area (Å²) < 4.78 is 41.2. The lowest BCUT2D eigenvalue weighted by molar-refractivity contribution is -0.119. The van der Waals surface area contributed by atoms with Gasteiger partial charge in [0.05, 0.1) is 21.8 Å². The Balaban J connectivity index is 1.84. The number of hydrazone groups is 1. The summed E-state index contributed by atoms with van der Waals surface area (Å²) in [7, 11) is -4.01. The number of carbonyl (C=O) groups excluding carboxylic acids is 1. The summed E-state index contributed by atoms with van der Waals surface area (Å²) in [5, 5.41) is 3.84. The lowest BCUT2D eigenvalue weighted by Gasteiger charge is -2.23. The zero-order chi connectivity index (χ0) is 22.4. The molecule has 0 aliphatic heterocycles. The summed E-state index contributed by atoms with van der Waals surface area (Å²) in [6.07, 6.45) is 1.07. The van der Waals surface area contributed by atoms with Crippen molar-refractivity contribution in [2.24, 2.45) is 5.10 Å². The van der Waals surface area contributed by atoms with E-state index in [1.165, 1.54) is 30.3 Å². The van der Waals surface area contributed by atoms with Gasteiger partial charge in [0.25, 0.3) is 15.9 Å². The van der Waals surface area contributed by atoms with E-state index in [0.717, 1.165) is 16.1 Å². The second kappa shape index (κ2) is 9.72. The molecule has 0 radical (unpaired) electrons. The van der Waals surface area contributed by atoms with Gasteiger partial charge in [-0.05, 0) is 43.3 Å². The minimum absolute atomic E-state index is 0.0109. The van der Waals surface area contributed by atoms with Crippen molar-refractivity contribution in [1.82, 2.24) is 5.43 Å². The summed E-state index contributed by atoms with van der Waals surface area (Å²) in [4.78, 5) is 12.5. The average Bonchev–Trinajstić information content (AvgIpc) is 2.75. The molecule has 0 unspecified atom stereocenters. The highest BCUT2D eigenvalue weighted by Gasteiger charge is 2.27. The molecule has 3 aromatic rings. The lowest BCUT2D eigenvalue weighted by atomic mass is 10.2. The standard InChI is InChI=1S/C22H19ClFN3O3S/c1-16-10-12-17(13-11-16)27(31(29,30)18-6-3-2-4-7-18)15-22(28)26-25-14-19-20(23)8-5-9-21(19)24/h2-14H,15H2,1H3,(H,26,28)/b25-14+. The third kappa shape index (κ3) is 5.48. The van der Waals surface area contributed by atoms with Crippen LogP contribution in [0.25, 0.3) is 0 Å². The van der Waals surface area contributed by atoms with Crippen molar-refractivity contribution >= 4 is 39.4 Å². The second-order valence-corrected chi connectivity index (χ2v) is 8.86. The van der Waals surface area contributed by atoms with Crippen LogP contribution in [0, 0.1) is 12.7 Å². The van der Waals surface area contributed by atoms with Crippen molar-refractivity contribution in [3.05, 3.63) is 94.8 Å². The Hall–Kier alpha value is -3.23. The third-order valence-corrected chi connectivity index (χ3v) is 6.44. The van der Waals surface area contributed by atoms with Gasteiger partial charge in [-0.15, -0.1) is 0 Å². The fourth-order valence-electron chi connectivity index (χ4n) is 2.71. The number of rotatable bonds is 7. The fraction of sp³-hybridized carbons (Fsp3) is 0.0909. The molecule has 0 saturated heterocycles. The maximum absolute atomic E-state index is 13.8. The Morgan fingerprint density at radius 3 is 2.39 bits per heavy atom. The molecular weight excluding hydrogens is 441 g/mol. The predicted octanol–water partition coefficient (Wildman–Crippen LogP) is 4.13. The van der Waals surface area contributed by atoms with Crippen LogP contribution < -0.4 is 9.73 Å². The number of benzene rings is 3. The van der Waals surface area contributed by atoms with Crippen LogP contribution in [0.15, 0.2) is 82.8 Å². The number of anilines is 1. The molecule has 0 saturated carbocycles. The van der Waals surface area contributed by atoms with Crippen LogP contribution in [-0.2, 0) is 14.8 Å². The molecule has 0 atom stereocenters. The number of nitrogens with one attached hydrogen (secondary N) is 1. The van der Waals surface area contributed by atoms with E-state index in [1.807, 2.05) is 6.92 Å². The fourth-order valence-corrected chi connectivity index (χ4v) is 4.37. The number of carbonyl (C=O) groups is 1. The smallest absolute Gasteiger partial charge is 0.264 e. The van der Waals surface area contributed by atoms with E-state index >= 15 is 0 Å². The molecule has 0 bridgehead atoms. The highest BCUT2D eigenvalue weighted by atomic mass is 35.5. The van der Waals surface area contributed by atoms with Crippen molar-refractivity contribution in [2.75, 3.05) is 10.8 Å². The monoisotopic (exact) mass is 459 g/mol. The Morgan fingerprint density at radius 2 is 1.74 bits per heavy atom. The van der Waals surface area contributed by atoms with Crippen LogP contribution in [-0.4, -0.2) is 27.1 Å². The van der Waals surface area contributed by atoms with Crippen LogP contribution in [0.1, 0.15) is 11.1 Å². The summed E-state index contributed by atoms with van der Waals surface area (Å²) in [5.41, 5.74) is 3.50. The Labute approximate surface area is 185 Å². The molecule has 3 rings (SSSR count). The van der Waals surface area contributed by atoms with E-state index in [2.05, 4.69) is 10.5 Å². The molecule has 0 heterocycles. The highest BCUT2D eigenvalue weighted by Crippen LogP contribution is 2.24. The molecular formula is C22H19ClFN3O3S. The van der Waals surface area contributed by atoms with Gasteiger partial charge in [0, 0.05) is 5.56 Å². The second-order valence-electron chi connectivity index (χ2n) is 6.59. The molecule has 1 amide bonds. The summed E-state index contributed by atoms with van der Waals surface area (Å²) >= 11 is 5.92. The van der Waals surface area contributed by atoms with Crippen LogP contribution in [0.2, 0.25) is 5.02 Å². The van der Waals surface area contributed by atoms with Crippen LogP contribution >= 0.6 is 11.6 Å². The SMILES string of the molecule is Cc1ccc(N(CC(=O)N/N=C/c2c(F)cccc2Cl)S(=O)(=O)c2ccccc2)cc1. The molecule has 0 spiro atoms. The normalized spacial score (nSPS) is 11.5. The molecule has 6 nitrogen and oxygen atoms in total. The van der Waals surface area contributed by atoms with E-state index < -0.39 is 28.3 Å². The Kier molecular flexibility index (Phi) is 7.04. The van der Waals surface area contributed by atoms with Gasteiger partial charge in [0.15, 0.2) is 0 Å². The Morgan fingerprint density at radius 1 is 1.06 bits per heavy atom. The quantitative estimate of drug-likeness (QED) is 0.426.